The van der Waals surface area contributed by atoms with E-state index in [1.165, 1.54) is 89.9 Å². The van der Waals surface area contributed by atoms with E-state index in [9.17, 15) is 19.4 Å². The van der Waals surface area contributed by atoms with Gasteiger partial charge in [-0.3, -0.25) is 0 Å². The minimum Gasteiger partial charge on any atom is -0.799 e. The molecule has 0 aromatic heterocycles. The molecule has 51 heavy (non-hydrogen) atoms. The zero-order chi connectivity index (χ0) is 37.4. The Kier molecular flexibility index (Phi) is 37.7. The van der Waals surface area contributed by atoms with Gasteiger partial charge in [-0.05, 0) is 137 Å². The quantitative estimate of drug-likeness (QED) is 0.0586. The first-order chi connectivity index (χ1) is 23.3. The Morgan fingerprint density at radius 3 is 0.980 bits per heavy atom. The van der Waals surface area contributed by atoms with Gasteiger partial charge in [0.25, 0.3) is 0 Å². The molecule has 0 aliphatic rings. The van der Waals surface area contributed by atoms with Crippen LogP contribution in [0.15, 0.2) is 0 Å². The topological polar surface area (TPSA) is 80.3 Å². The Balaban J connectivity index is -0.0000115. The van der Waals surface area contributed by atoms with E-state index in [1.54, 1.807) is 0 Å². The molecule has 2 radical (unpaired) electrons. The standard InChI is InChI=1S/C44H87O4P.2Na/c1-12-23-49(47,48)33-43(44(45)46)32-42(30-40(26-36(17-6)18-7)27-37(19-8)20-9)31-41(28-38(21-10)22-11)29-39(24-34(13-2)14-3)25-35(15-4)16-5;;/h2,34-43H,12-33H2,1,3-11H3,(H,45,46)(H,47,48);;/q;2*+1/p-2. The summed E-state index contributed by atoms with van der Waals surface area (Å²) in [7, 11) is -3.78. The summed E-state index contributed by atoms with van der Waals surface area (Å²) in [6, 6.07) is 0. The Morgan fingerprint density at radius 2 is 0.745 bits per heavy atom. The second-order valence-corrected chi connectivity index (χ2v) is 19.0. The van der Waals surface area contributed by atoms with Gasteiger partial charge in [-0.25, -0.2) is 0 Å². The van der Waals surface area contributed by atoms with E-state index in [2.05, 4.69) is 62.3 Å². The number of aliphatic carboxylic acids is 1. The summed E-state index contributed by atoms with van der Waals surface area (Å²) in [6.45, 7) is 28.9. The number of rotatable bonds is 33. The minimum atomic E-state index is -3.78. The summed E-state index contributed by atoms with van der Waals surface area (Å²) < 4.78 is 13.0. The molecule has 0 aliphatic heterocycles. The largest absolute Gasteiger partial charge is 1.00 e. The average Bonchev–Trinajstić information content (AvgIpc) is 3.08. The Labute approximate surface area is 364 Å². The van der Waals surface area contributed by atoms with Crippen molar-refractivity contribution in [3.05, 3.63) is 6.92 Å². The normalized spacial score (nSPS) is 15.1. The van der Waals surface area contributed by atoms with Gasteiger partial charge in [0.2, 0.25) is 0 Å². The molecule has 0 aromatic carbocycles. The summed E-state index contributed by atoms with van der Waals surface area (Å²) >= 11 is 0. The van der Waals surface area contributed by atoms with Crippen molar-refractivity contribution in [1.29, 1.82) is 0 Å². The van der Waals surface area contributed by atoms with Crippen LogP contribution in [0.1, 0.15) is 198 Å². The molecule has 0 amide bonds. The molecule has 0 bridgehead atoms. The van der Waals surface area contributed by atoms with Crippen LogP contribution in [0.2, 0.25) is 0 Å². The van der Waals surface area contributed by atoms with E-state index in [1.807, 2.05) is 6.92 Å². The molecule has 0 N–H and O–H groups in total. The molecule has 6 atom stereocenters. The van der Waals surface area contributed by atoms with Crippen molar-refractivity contribution in [2.45, 2.75) is 198 Å². The van der Waals surface area contributed by atoms with Gasteiger partial charge in [0.05, 0.1) is 0 Å². The number of carboxylic acids is 1. The Hall–Kier alpha value is 1.66. The molecule has 292 valence electrons. The summed E-state index contributed by atoms with van der Waals surface area (Å²) in [5.74, 6) is 3.01. The van der Waals surface area contributed by atoms with Crippen molar-refractivity contribution in [2.75, 3.05) is 12.3 Å². The molecule has 0 heterocycles. The molecule has 0 spiro atoms. The minimum absolute atomic E-state index is 0. The SMILES string of the molecule is [CH]CC(CC)CC(CC(CC)CC)CC(CC(CC)CC)CC(CC(CC(CC)CC)CC(CC)CC)CC(CP(=O)([O-])CCC)C(=O)[O-].[Na+].[Na+]. The third-order valence-electron chi connectivity index (χ3n) is 12.9. The van der Waals surface area contributed by atoms with Gasteiger partial charge in [-0.1, -0.05) is 133 Å². The zero-order valence-corrected chi connectivity index (χ0v) is 41.4. The molecule has 4 nitrogen and oxygen atoms in total. The van der Waals surface area contributed by atoms with Crippen LogP contribution in [0.4, 0.5) is 0 Å². The van der Waals surface area contributed by atoms with Crippen LogP contribution < -0.4 is 69.1 Å². The molecular formula is C44H85Na2O4P. The monoisotopic (exact) mass is 755 g/mol. The summed E-state index contributed by atoms with van der Waals surface area (Å²) in [5.41, 5.74) is 0. The molecule has 6 unspecified atom stereocenters. The van der Waals surface area contributed by atoms with Crippen molar-refractivity contribution < 1.29 is 78.5 Å². The molecule has 0 fully saturated rings. The summed E-state index contributed by atoms with van der Waals surface area (Å²) in [6.07, 6.45) is 21.2. The van der Waals surface area contributed by atoms with Crippen LogP contribution >= 0.6 is 7.37 Å². The molecule has 0 saturated heterocycles. The fraction of sp³-hybridized carbons (Fsp3) is 0.955. The second-order valence-electron chi connectivity index (χ2n) is 16.6. The first-order valence-corrected chi connectivity index (χ1v) is 23.5. The van der Waals surface area contributed by atoms with Crippen LogP contribution in [0.25, 0.3) is 0 Å². The summed E-state index contributed by atoms with van der Waals surface area (Å²) in [4.78, 5) is 25.7. The summed E-state index contributed by atoms with van der Waals surface area (Å²) in [5, 5.41) is 12.7. The zero-order valence-electron chi connectivity index (χ0n) is 36.5. The van der Waals surface area contributed by atoms with Gasteiger partial charge in [0, 0.05) is 19.3 Å². The molecule has 0 rings (SSSR count). The number of carbonyl (C=O) groups excluding carboxylic acids is 1. The maximum absolute atomic E-state index is 13.0. The third kappa shape index (κ3) is 25.5. The maximum Gasteiger partial charge on any atom is 1.00 e. The average molecular weight is 755 g/mol. The Morgan fingerprint density at radius 1 is 0.490 bits per heavy atom. The van der Waals surface area contributed by atoms with Gasteiger partial charge in [0.1, 0.15) is 0 Å². The molecule has 0 aromatic rings. The van der Waals surface area contributed by atoms with Crippen LogP contribution in [-0.4, -0.2) is 18.3 Å². The maximum atomic E-state index is 13.0. The molecule has 0 aliphatic carbocycles. The van der Waals surface area contributed by atoms with Crippen molar-refractivity contribution in [2.24, 2.45) is 59.2 Å². The van der Waals surface area contributed by atoms with Gasteiger partial charge in [-0.15, -0.1) is 0 Å². The molecule has 0 saturated carbocycles. The van der Waals surface area contributed by atoms with E-state index >= 15 is 0 Å². The molecular weight excluding hydrogens is 669 g/mol. The first kappa shape index (κ1) is 57.0. The first-order valence-electron chi connectivity index (χ1n) is 21.5. The smallest absolute Gasteiger partial charge is 0.799 e. The van der Waals surface area contributed by atoms with Crippen molar-refractivity contribution >= 4 is 13.3 Å². The van der Waals surface area contributed by atoms with E-state index in [4.69, 9.17) is 6.92 Å². The predicted octanol–water partition coefficient (Wildman–Crippen LogP) is 6.26. The van der Waals surface area contributed by atoms with Crippen LogP contribution in [0, 0.1) is 66.1 Å². The number of hydrogen-bond donors (Lipinski definition) is 0. The van der Waals surface area contributed by atoms with Gasteiger partial charge >= 0.3 is 59.1 Å². The van der Waals surface area contributed by atoms with Crippen LogP contribution in [0.3, 0.4) is 0 Å². The van der Waals surface area contributed by atoms with Crippen molar-refractivity contribution in [1.82, 2.24) is 0 Å². The van der Waals surface area contributed by atoms with Crippen LogP contribution in [-0.2, 0) is 9.36 Å². The fourth-order valence-electron chi connectivity index (χ4n) is 9.26. The third-order valence-corrected chi connectivity index (χ3v) is 15.0. The van der Waals surface area contributed by atoms with E-state index < -0.39 is 19.3 Å². The predicted molar refractivity (Wildman–Crippen MR) is 211 cm³/mol. The van der Waals surface area contributed by atoms with Gasteiger partial charge < -0.3 is 19.4 Å². The second kappa shape index (κ2) is 33.8. The fourth-order valence-corrected chi connectivity index (χ4v) is 11.1. The molecule has 7 heteroatoms. The van der Waals surface area contributed by atoms with Crippen molar-refractivity contribution in [3.63, 3.8) is 0 Å². The van der Waals surface area contributed by atoms with E-state index in [-0.39, 0.29) is 77.4 Å². The number of carbonyl (C=O) groups is 1. The van der Waals surface area contributed by atoms with E-state index in [0.29, 0.717) is 54.3 Å². The van der Waals surface area contributed by atoms with Crippen molar-refractivity contribution in [3.8, 4) is 0 Å². The number of carboxylic acid groups (broad SMARTS) is 1. The van der Waals surface area contributed by atoms with E-state index in [0.717, 1.165) is 31.6 Å². The number of hydrogen-bond acceptors (Lipinski definition) is 4. The Bertz CT molecular complexity index is 809. The van der Waals surface area contributed by atoms with Gasteiger partial charge in [0.15, 0.2) is 0 Å². The van der Waals surface area contributed by atoms with Gasteiger partial charge in [-0.2, -0.15) is 0 Å². The van der Waals surface area contributed by atoms with Crippen LogP contribution in [0.5, 0.6) is 0 Å².